The summed E-state index contributed by atoms with van der Waals surface area (Å²) in [6.07, 6.45) is 15.0. The molecule has 0 unspecified atom stereocenters. The van der Waals surface area contributed by atoms with Crippen LogP contribution in [0.15, 0.2) is 30.3 Å². The number of hydrogen-bond donors (Lipinski definition) is 0. The van der Waals surface area contributed by atoms with Crippen molar-refractivity contribution < 1.29 is 20.4 Å². The van der Waals surface area contributed by atoms with Crippen LogP contribution in [0.25, 0.3) is 0 Å². The summed E-state index contributed by atoms with van der Waals surface area (Å²) in [6, 6.07) is 11.6. The Morgan fingerprint density at radius 1 is 0.650 bits per heavy atom. The topological polar surface area (TPSA) is 0 Å². The van der Waals surface area contributed by atoms with Crippen LogP contribution in [0.5, 0.6) is 0 Å². The molecule has 0 aliphatic heterocycles. The molecule has 2 saturated carbocycles. The molecule has 0 radical (unpaired) electrons. The second-order valence-electron chi connectivity index (χ2n) is 6.33. The molecule has 0 spiro atoms. The molecule has 2 fully saturated rings. The molecular formula is C18H27PPd. The molecule has 2 aliphatic rings. The molecule has 0 amide bonds. The van der Waals surface area contributed by atoms with Gasteiger partial charge in [-0.1, -0.05) is 76.8 Å². The molecule has 0 bridgehead atoms. The molecule has 0 atom stereocenters. The minimum Gasteiger partial charge on any atom is -0.0690 e. The summed E-state index contributed by atoms with van der Waals surface area (Å²) < 4.78 is 0. The van der Waals surface area contributed by atoms with E-state index in [2.05, 4.69) is 30.3 Å². The zero-order valence-corrected chi connectivity index (χ0v) is 14.8. The Balaban J connectivity index is 0.00000147. The quantitative estimate of drug-likeness (QED) is 0.482. The van der Waals surface area contributed by atoms with Crippen LogP contribution >= 0.6 is 7.92 Å². The fourth-order valence-electron chi connectivity index (χ4n) is 4.04. The minimum absolute atomic E-state index is 0. The minimum atomic E-state index is 0. The van der Waals surface area contributed by atoms with E-state index in [1.807, 2.05) is 0 Å². The molecule has 2 aliphatic carbocycles. The molecule has 0 N–H and O–H groups in total. The maximum Gasteiger partial charge on any atom is 0 e. The van der Waals surface area contributed by atoms with E-state index in [-0.39, 0.29) is 28.3 Å². The molecule has 114 valence electrons. The van der Waals surface area contributed by atoms with Gasteiger partial charge in [0.25, 0.3) is 0 Å². The summed E-state index contributed by atoms with van der Waals surface area (Å²) >= 11 is 0. The van der Waals surface area contributed by atoms with E-state index in [9.17, 15) is 0 Å². The first-order valence-electron chi connectivity index (χ1n) is 8.28. The van der Waals surface area contributed by atoms with Crippen LogP contribution in [-0.2, 0) is 20.4 Å². The van der Waals surface area contributed by atoms with Crippen LogP contribution in [0.4, 0.5) is 0 Å². The van der Waals surface area contributed by atoms with E-state index >= 15 is 0 Å². The van der Waals surface area contributed by atoms with E-state index in [4.69, 9.17) is 0 Å². The van der Waals surface area contributed by atoms with Crippen molar-refractivity contribution >= 4 is 13.2 Å². The Morgan fingerprint density at radius 2 is 1.10 bits per heavy atom. The molecule has 1 aromatic carbocycles. The molecule has 20 heavy (non-hydrogen) atoms. The van der Waals surface area contributed by atoms with Crippen molar-refractivity contribution in [3.05, 3.63) is 30.3 Å². The third kappa shape index (κ3) is 4.16. The smallest absolute Gasteiger partial charge is 0 e. The molecule has 1 aromatic rings. The van der Waals surface area contributed by atoms with Gasteiger partial charge in [-0.15, -0.1) is 0 Å². The van der Waals surface area contributed by atoms with Crippen LogP contribution in [0.1, 0.15) is 64.2 Å². The van der Waals surface area contributed by atoms with Crippen molar-refractivity contribution in [2.24, 2.45) is 0 Å². The van der Waals surface area contributed by atoms with Crippen LogP contribution in [0, 0.1) is 0 Å². The Kier molecular flexibility index (Phi) is 7.24. The standard InChI is InChI=1S/C18H27P.Pd/c1-4-10-16(11-5-1)19(17-12-6-2-7-13-17)18-14-8-3-9-15-18;/h1,4-5,10-11,17-18H,2-3,6-9,12-15H2;. The monoisotopic (exact) mass is 380 g/mol. The van der Waals surface area contributed by atoms with Gasteiger partial charge in [0.15, 0.2) is 0 Å². The molecule has 0 heterocycles. The zero-order valence-electron chi connectivity index (χ0n) is 12.4. The van der Waals surface area contributed by atoms with Gasteiger partial charge in [0.05, 0.1) is 0 Å². The van der Waals surface area contributed by atoms with E-state index < -0.39 is 0 Å². The molecule has 0 aromatic heterocycles. The SMILES string of the molecule is [Pd].c1ccc(P(C2CCCCC2)C2CCCCC2)cc1. The van der Waals surface area contributed by atoms with Crippen molar-refractivity contribution in [3.8, 4) is 0 Å². The van der Waals surface area contributed by atoms with Gasteiger partial charge >= 0.3 is 0 Å². The molecular weight excluding hydrogens is 354 g/mol. The first-order chi connectivity index (χ1) is 9.45. The molecule has 2 heteroatoms. The van der Waals surface area contributed by atoms with Crippen molar-refractivity contribution in [2.75, 3.05) is 0 Å². The van der Waals surface area contributed by atoms with Gasteiger partial charge in [-0.05, 0) is 42.3 Å². The Bertz CT molecular complexity index is 348. The largest absolute Gasteiger partial charge is 0.0690 e. The number of benzene rings is 1. The molecule has 0 nitrogen and oxygen atoms in total. The van der Waals surface area contributed by atoms with Crippen LogP contribution in [0.3, 0.4) is 0 Å². The molecule has 3 rings (SSSR count). The molecule has 0 saturated heterocycles. The first-order valence-corrected chi connectivity index (χ1v) is 9.76. The Labute approximate surface area is 139 Å². The van der Waals surface area contributed by atoms with Gasteiger partial charge in [-0.3, -0.25) is 0 Å². The number of rotatable bonds is 3. The van der Waals surface area contributed by atoms with Gasteiger partial charge in [-0.25, -0.2) is 0 Å². The predicted molar refractivity (Wildman–Crippen MR) is 86.7 cm³/mol. The summed E-state index contributed by atoms with van der Waals surface area (Å²) in [6.45, 7) is 0. The zero-order chi connectivity index (χ0) is 12.9. The van der Waals surface area contributed by atoms with Gasteiger partial charge < -0.3 is 0 Å². The van der Waals surface area contributed by atoms with E-state index in [1.165, 1.54) is 64.2 Å². The Morgan fingerprint density at radius 3 is 1.55 bits per heavy atom. The second-order valence-corrected chi connectivity index (χ2v) is 9.12. The average Bonchev–Trinajstić information content (AvgIpc) is 2.51. The van der Waals surface area contributed by atoms with Crippen LogP contribution < -0.4 is 5.30 Å². The fourth-order valence-corrected chi connectivity index (χ4v) is 7.84. The normalized spacial score (nSPS) is 21.6. The fraction of sp³-hybridized carbons (Fsp3) is 0.667. The van der Waals surface area contributed by atoms with Gasteiger partial charge in [0.2, 0.25) is 0 Å². The van der Waals surface area contributed by atoms with Gasteiger partial charge in [0.1, 0.15) is 0 Å². The van der Waals surface area contributed by atoms with Crippen molar-refractivity contribution in [2.45, 2.75) is 75.5 Å². The summed E-state index contributed by atoms with van der Waals surface area (Å²) in [5.74, 6) is 0. The maximum absolute atomic E-state index is 2.43. The maximum atomic E-state index is 2.43. The van der Waals surface area contributed by atoms with Crippen molar-refractivity contribution in [1.29, 1.82) is 0 Å². The average molecular weight is 381 g/mol. The summed E-state index contributed by atoms with van der Waals surface area (Å²) in [4.78, 5) is 0. The second kappa shape index (κ2) is 8.68. The predicted octanol–water partition coefficient (Wildman–Crippen LogP) is 5.46. The third-order valence-electron chi connectivity index (χ3n) is 4.99. The van der Waals surface area contributed by atoms with Crippen LogP contribution in [0.2, 0.25) is 0 Å². The van der Waals surface area contributed by atoms with Gasteiger partial charge in [0, 0.05) is 20.4 Å². The van der Waals surface area contributed by atoms with Crippen molar-refractivity contribution in [1.82, 2.24) is 0 Å². The summed E-state index contributed by atoms with van der Waals surface area (Å²) in [7, 11) is 0.108. The van der Waals surface area contributed by atoms with E-state index in [0.29, 0.717) is 0 Å². The summed E-state index contributed by atoms with van der Waals surface area (Å²) in [5.41, 5.74) is 2.07. The van der Waals surface area contributed by atoms with E-state index in [1.54, 1.807) is 5.30 Å². The first kappa shape index (κ1) is 16.7. The van der Waals surface area contributed by atoms with Gasteiger partial charge in [-0.2, -0.15) is 0 Å². The van der Waals surface area contributed by atoms with Crippen LogP contribution in [-0.4, -0.2) is 11.3 Å². The van der Waals surface area contributed by atoms with E-state index in [0.717, 1.165) is 11.3 Å². The third-order valence-corrected chi connectivity index (χ3v) is 8.49. The number of hydrogen-bond acceptors (Lipinski definition) is 0. The van der Waals surface area contributed by atoms with Crippen molar-refractivity contribution in [3.63, 3.8) is 0 Å². The Hall–Kier alpha value is 0.312. The summed E-state index contributed by atoms with van der Waals surface area (Å²) in [5, 5.41) is 1.70.